The van der Waals surface area contributed by atoms with Crippen molar-refractivity contribution in [2.75, 3.05) is 11.1 Å². The van der Waals surface area contributed by atoms with Crippen LogP contribution in [0.5, 0.6) is 0 Å². The number of thioether (sulfide) groups is 1. The molecule has 2 aromatic heterocycles. The Kier molecular flexibility index (Phi) is 7.67. The molecule has 1 amide bonds. The predicted octanol–water partition coefficient (Wildman–Crippen LogP) is 7.02. The lowest BCUT2D eigenvalue weighted by molar-refractivity contribution is -0.113. The number of para-hydroxylation sites is 1. The first-order valence-corrected chi connectivity index (χ1v) is 13.5. The van der Waals surface area contributed by atoms with Crippen molar-refractivity contribution in [2.45, 2.75) is 11.6 Å². The van der Waals surface area contributed by atoms with Crippen molar-refractivity contribution in [2.24, 2.45) is 0 Å². The Hall–Kier alpha value is -3.17. The van der Waals surface area contributed by atoms with Gasteiger partial charge in [-0.15, -0.1) is 21.5 Å². The summed E-state index contributed by atoms with van der Waals surface area (Å²) in [5, 5.41) is 13.9. The van der Waals surface area contributed by atoms with E-state index in [-0.39, 0.29) is 11.7 Å². The van der Waals surface area contributed by atoms with E-state index in [1.54, 1.807) is 12.3 Å². The third-order valence-electron chi connectivity index (χ3n) is 5.21. The Labute approximate surface area is 226 Å². The summed E-state index contributed by atoms with van der Waals surface area (Å²) in [6.45, 7) is 0. The molecule has 5 rings (SSSR count). The predicted molar refractivity (Wildman–Crippen MR) is 148 cm³/mol. The number of nitrogens with one attached hydrogen (secondary N) is 1. The molecule has 0 radical (unpaired) electrons. The Morgan fingerprint density at radius 3 is 2.47 bits per heavy atom. The third kappa shape index (κ3) is 5.63. The van der Waals surface area contributed by atoms with E-state index in [9.17, 15) is 4.79 Å². The first-order valence-electron chi connectivity index (χ1n) is 10.9. The quantitative estimate of drug-likeness (QED) is 0.210. The highest BCUT2D eigenvalue weighted by molar-refractivity contribution is 7.99. The molecule has 0 fully saturated rings. The Bertz CT molecular complexity index is 1490. The van der Waals surface area contributed by atoms with Crippen LogP contribution < -0.4 is 5.32 Å². The molecule has 5 aromatic rings. The topological polar surface area (TPSA) is 72.7 Å². The number of rotatable bonds is 8. The van der Waals surface area contributed by atoms with Gasteiger partial charge in [0, 0.05) is 28.7 Å². The number of thiazole rings is 1. The maximum Gasteiger partial charge on any atom is 0.236 e. The van der Waals surface area contributed by atoms with Gasteiger partial charge in [0.05, 0.1) is 15.8 Å². The normalized spacial score (nSPS) is 10.9. The average molecular weight is 553 g/mol. The molecule has 180 valence electrons. The van der Waals surface area contributed by atoms with E-state index in [1.807, 2.05) is 77.4 Å². The molecule has 2 heterocycles. The number of amides is 1. The first kappa shape index (κ1) is 24.5. The molecule has 6 nitrogen and oxygen atoms in total. The van der Waals surface area contributed by atoms with Crippen molar-refractivity contribution in [3.63, 3.8) is 0 Å². The second-order valence-corrected chi connectivity index (χ2v) is 10.5. The zero-order valence-corrected chi connectivity index (χ0v) is 21.9. The minimum absolute atomic E-state index is 0.161. The van der Waals surface area contributed by atoms with Gasteiger partial charge in [-0.1, -0.05) is 95.6 Å². The van der Waals surface area contributed by atoms with E-state index in [0.717, 1.165) is 21.7 Å². The van der Waals surface area contributed by atoms with Crippen molar-refractivity contribution in [1.29, 1.82) is 0 Å². The zero-order valence-electron chi connectivity index (χ0n) is 18.8. The van der Waals surface area contributed by atoms with Gasteiger partial charge in [0.15, 0.2) is 16.1 Å². The van der Waals surface area contributed by atoms with Crippen molar-refractivity contribution >= 4 is 57.3 Å². The zero-order chi connectivity index (χ0) is 24.9. The van der Waals surface area contributed by atoms with Gasteiger partial charge in [0.2, 0.25) is 5.91 Å². The van der Waals surface area contributed by atoms with Gasteiger partial charge in [-0.05, 0) is 23.8 Å². The fourth-order valence-corrected chi connectivity index (χ4v) is 5.54. The summed E-state index contributed by atoms with van der Waals surface area (Å²) in [6, 6.07) is 25.3. The number of carbonyl (C=O) groups excluding carboxylic acids is 1. The van der Waals surface area contributed by atoms with Gasteiger partial charge in [-0.2, -0.15) is 0 Å². The summed E-state index contributed by atoms with van der Waals surface area (Å²) in [6.07, 6.45) is 2.33. The second kappa shape index (κ2) is 11.3. The molecule has 0 saturated carbocycles. The van der Waals surface area contributed by atoms with Crippen LogP contribution in [0.25, 0.3) is 17.1 Å². The van der Waals surface area contributed by atoms with Gasteiger partial charge in [0.25, 0.3) is 0 Å². The molecule has 0 aliphatic carbocycles. The smallest absolute Gasteiger partial charge is 0.236 e. The Morgan fingerprint density at radius 1 is 0.944 bits per heavy atom. The van der Waals surface area contributed by atoms with E-state index in [0.29, 0.717) is 32.6 Å². The highest BCUT2D eigenvalue weighted by Gasteiger charge is 2.18. The highest BCUT2D eigenvalue weighted by Crippen LogP contribution is 2.30. The van der Waals surface area contributed by atoms with Crippen LogP contribution in [0.2, 0.25) is 10.0 Å². The fourth-order valence-electron chi connectivity index (χ4n) is 3.55. The number of carbonyl (C=O) groups is 1. The summed E-state index contributed by atoms with van der Waals surface area (Å²) in [5.74, 6) is 0.703. The summed E-state index contributed by atoms with van der Waals surface area (Å²) < 4.78 is 1.96. The van der Waals surface area contributed by atoms with E-state index in [2.05, 4.69) is 20.5 Å². The van der Waals surface area contributed by atoms with E-state index in [1.165, 1.54) is 23.1 Å². The first-order chi connectivity index (χ1) is 17.6. The van der Waals surface area contributed by atoms with E-state index in [4.69, 9.17) is 23.2 Å². The molecule has 0 aliphatic heterocycles. The molecule has 3 aromatic carbocycles. The fraction of sp³-hybridized carbons (Fsp3) is 0.0769. The molecule has 0 atom stereocenters. The van der Waals surface area contributed by atoms with Crippen LogP contribution in [0.3, 0.4) is 0 Å². The van der Waals surface area contributed by atoms with Crippen molar-refractivity contribution in [3.05, 3.63) is 106 Å². The summed E-state index contributed by atoms with van der Waals surface area (Å²) in [7, 11) is 0. The van der Waals surface area contributed by atoms with Crippen LogP contribution in [0, 0.1) is 0 Å². The van der Waals surface area contributed by atoms with Gasteiger partial charge >= 0.3 is 0 Å². The maximum absolute atomic E-state index is 12.7. The highest BCUT2D eigenvalue weighted by atomic mass is 35.5. The van der Waals surface area contributed by atoms with Crippen LogP contribution in [-0.2, 0) is 11.2 Å². The Balaban J connectivity index is 1.28. The molecule has 0 aliphatic rings. The molecule has 0 bridgehead atoms. The molecule has 36 heavy (non-hydrogen) atoms. The number of hydrogen-bond donors (Lipinski definition) is 1. The summed E-state index contributed by atoms with van der Waals surface area (Å²) in [4.78, 5) is 18.0. The summed E-state index contributed by atoms with van der Waals surface area (Å²) in [5.41, 5.74) is 2.78. The van der Waals surface area contributed by atoms with E-state index < -0.39 is 0 Å². The standard InChI is InChI=1S/C26H19Cl2N5OS2/c27-21-13-7-10-18(23(21)28)14-20-15-29-25(36-20)30-22(34)16-35-26-32-31-24(17-8-3-1-4-9-17)33(26)19-11-5-2-6-12-19/h1-13,15H,14,16H2,(H,29,30,34). The maximum atomic E-state index is 12.7. The second-order valence-electron chi connectivity index (χ2n) is 7.70. The molecule has 0 saturated heterocycles. The molecular formula is C26H19Cl2N5OS2. The van der Waals surface area contributed by atoms with Crippen LogP contribution in [0.15, 0.2) is 90.2 Å². The lowest BCUT2D eigenvalue weighted by atomic mass is 10.1. The van der Waals surface area contributed by atoms with Crippen molar-refractivity contribution < 1.29 is 4.79 Å². The van der Waals surface area contributed by atoms with Crippen LogP contribution in [-0.4, -0.2) is 31.4 Å². The Morgan fingerprint density at radius 2 is 1.69 bits per heavy atom. The van der Waals surface area contributed by atoms with Crippen LogP contribution >= 0.6 is 46.3 Å². The largest absolute Gasteiger partial charge is 0.301 e. The number of anilines is 1. The monoisotopic (exact) mass is 551 g/mol. The SMILES string of the molecule is O=C(CSc1nnc(-c2ccccc2)n1-c1ccccc1)Nc1ncc(Cc2cccc(Cl)c2Cl)s1. The molecule has 1 N–H and O–H groups in total. The van der Waals surface area contributed by atoms with Gasteiger partial charge in [0.1, 0.15) is 0 Å². The average Bonchev–Trinajstić information content (AvgIpc) is 3.53. The minimum Gasteiger partial charge on any atom is -0.301 e. The van der Waals surface area contributed by atoms with E-state index >= 15 is 0 Å². The van der Waals surface area contributed by atoms with Gasteiger partial charge in [-0.3, -0.25) is 9.36 Å². The molecular weight excluding hydrogens is 533 g/mol. The molecule has 0 spiro atoms. The summed E-state index contributed by atoms with van der Waals surface area (Å²) >= 11 is 15.1. The number of nitrogens with zero attached hydrogens (tertiary/aromatic N) is 4. The number of halogens is 2. The number of hydrogen-bond acceptors (Lipinski definition) is 6. The van der Waals surface area contributed by atoms with Crippen molar-refractivity contribution in [3.8, 4) is 17.1 Å². The van der Waals surface area contributed by atoms with Crippen LogP contribution in [0.4, 0.5) is 5.13 Å². The van der Waals surface area contributed by atoms with Crippen molar-refractivity contribution in [1.82, 2.24) is 19.7 Å². The molecule has 10 heteroatoms. The van der Waals surface area contributed by atoms with Crippen LogP contribution in [0.1, 0.15) is 10.4 Å². The lowest BCUT2D eigenvalue weighted by Crippen LogP contribution is -2.14. The number of aromatic nitrogens is 4. The van der Waals surface area contributed by atoms with Gasteiger partial charge in [-0.25, -0.2) is 4.98 Å². The third-order valence-corrected chi connectivity index (χ3v) is 7.91. The molecule has 0 unspecified atom stereocenters. The van der Waals surface area contributed by atoms with Gasteiger partial charge < -0.3 is 5.32 Å². The lowest BCUT2D eigenvalue weighted by Gasteiger charge is -2.10. The minimum atomic E-state index is -0.175. The number of benzene rings is 3.